The van der Waals surface area contributed by atoms with E-state index in [9.17, 15) is 0 Å². The van der Waals surface area contributed by atoms with E-state index in [0.29, 0.717) is 35.3 Å². The number of nitrogens with zero attached hydrogens (tertiary/aromatic N) is 6. The predicted octanol–water partition coefficient (Wildman–Crippen LogP) is 2.51. The average molecular weight is 403 g/mol. The SMILES string of the molecule is COc1cc2nc(N3CCn4c(nnc4-c4ccccc4)C3)nc(N)c2cc1OC. The zero-order chi connectivity index (χ0) is 20.7. The molecule has 0 saturated heterocycles. The summed E-state index contributed by atoms with van der Waals surface area (Å²) in [6, 6.07) is 13.7. The van der Waals surface area contributed by atoms with Crippen LogP contribution in [0.25, 0.3) is 22.3 Å². The Kier molecular flexibility index (Phi) is 4.35. The Hall–Kier alpha value is -3.88. The maximum absolute atomic E-state index is 6.25. The number of aromatic nitrogens is 5. The molecule has 2 aromatic carbocycles. The topological polar surface area (TPSA) is 104 Å². The summed E-state index contributed by atoms with van der Waals surface area (Å²) in [4.78, 5) is 11.3. The number of rotatable bonds is 4. The summed E-state index contributed by atoms with van der Waals surface area (Å²) in [6.45, 7) is 2.01. The number of nitrogen functional groups attached to an aromatic ring is 1. The van der Waals surface area contributed by atoms with Gasteiger partial charge in [0.1, 0.15) is 5.82 Å². The second kappa shape index (κ2) is 7.18. The van der Waals surface area contributed by atoms with Crippen LogP contribution in [0.4, 0.5) is 11.8 Å². The Morgan fingerprint density at radius 2 is 1.70 bits per heavy atom. The van der Waals surface area contributed by atoms with Gasteiger partial charge in [-0.3, -0.25) is 0 Å². The summed E-state index contributed by atoms with van der Waals surface area (Å²) in [7, 11) is 3.18. The summed E-state index contributed by atoms with van der Waals surface area (Å²) in [5.41, 5.74) is 8.00. The normalized spacial score (nSPS) is 13.3. The average Bonchev–Trinajstić information content (AvgIpc) is 3.22. The van der Waals surface area contributed by atoms with Crippen molar-refractivity contribution in [3.05, 3.63) is 48.3 Å². The molecule has 4 aromatic rings. The molecule has 9 heteroatoms. The Morgan fingerprint density at radius 1 is 0.933 bits per heavy atom. The number of benzene rings is 2. The predicted molar refractivity (Wildman–Crippen MR) is 114 cm³/mol. The fourth-order valence-electron chi connectivity index (χ4n) is 3.74. The molecule has 0 bridgehead atoms. The molecule has 30 heavy (non-hydrogen) atoms. The van der Waals surface area contributed by atoms with E-state index in [1.165, 1.54) is 0 Å². The van der Waals surface area contributed by atoms with Crippen LogP contribution in [0.1, 0.15) is 5.82 Å². The number of hydrogen-bond donors (Lipinski definition) is 1. The molecule has 2 aromatic heterocycles. The van der Waals surface area contributed by atoms with E-state index in [1.807, 2.05) is 36.4 Å². The molecular formula is C21H21N7O2. The van der Waals surface area contributed by atoms with Crippen molar-refractivity contribution >= 4 is 22.7 Å². The van der Waals surface area contributed by atoms with Crippen molar-refractivity contribution in [3.63, 3.8) is 0 Å². The van der Waals surface area contributed by atoms with Crippen molar-refractivity contribution in [2.24, 2.45) is 0 Å². The summed E-state index contributed by atoms with van der Waals surface area (Å²) in [5.74, 6) is 3.89. The second-order valence-corrected chi connectivity index (χ2v) is 7.01. The number of anilines is 2. The van der Waals surface area contributed by atoms with Crippen molar-refractivity contribution in [3.8, 4) is 22.9 Å². The van der Waals surface area contributed by atoms with Crippen molar-refractivity contribution in [1.29, 1.82) is 0 Å². The van der Waals surface area contributed by atoms with E-state index < -0.39 is 0 Å². The summed E-state index contributed by atoms with van der Waals surface area (Å²) < 4.78 is 12.9. The highest BCUT2D eigenvalue weighted by Gasteiger charge is 2.24. The van der Waals surface area contributed by atoms with Gasteiger partial charge in [0, 0.05) is 30.1 Å². The lowest BCUT2D eigenvalue weighted by Crippen LogP contribution is -2.35. The quantitative estimate of drug-likeness (QED) is 0.554. The molecule has 0 atom stereocenters. The minimum Gasteiger partial charge on any atom is -0.493 e. The fourth-order valence-corrected chi connectivity index (χ4v) is 3.74. The summed E-state index contributed by atoms with van der Waals surface area (Å²) in [5, 5.41) is 9.51. The van der Waals surface area contributed by atoms with Gasteiger partial charge in [-0.1, -0.05) is 30.3 Å². The van der Waals surface area contributed by atoms with E-state index in [-0.39, 0.29) is 0 Å². The first-order chi connectivity index (χ1) is 14.7. The lowest BCUT2D eigenvalue weighted by molar-refractivity contribution is 0.356. The minimum atomic E-state index is 0.396. The van der Waals surface area contributed by atoms with Gasteiger partial charge in [0.15, 0.2) is 23.1 Å². The van der Waals surface area contributed by atoms with Crippen LogP contribution in [0.2, 0.25) is 0 Å². The number of methoxy groups -OCH3 is 2. The second-order valence-electron chi connectivity index (χ2n) is 7.01. The molecule has 0 unspecified atom stereocenters. The third kappa shape index (κ3) is 2.95. The molecule has 152 valence electrons. The first-order valence-corrected chi connectivity index (χ1v) is 9.59. The van der Waals surface area contributed by atoms with Crippen LogP contribution in [-0.4, -0.2) is 45.5 Å². The van der Waals surface area contributed by atoms with Crippen LogP contribution in [0.5, 0.6) is 11.5 Å². The molecule has 3 heterocycles. The summed E-state index contributed by atoms with van der Waals surface area (Å²) in [6.07, 6.45) is 0. The smallest absolute Gasteiger partial charge is 0.228 e. The molecule has 0 radical (unpaired) electrons. The minimum absolute atomic E-state index is 0.396. The van der Waals surface area contributed by atoms with Gasteiger partial charge in [-0.2, -0.15) is 4.98 Å². The molecule has 9 nitrogen and oxygen atoms in total. The van der Waals surface area contributed by atoms with E-state index in [2.05, 4.69) is 24.6 Å². The number of nitrogens with two attached hydrogens (primary N) is 1. The van der Waals surface area contributed by atoms with Gasteiger partial charge in [0.05, 0.1) is 26.3 Å². The highest BCUT2D eigenvalue weighted by atomic mass is 16.5. The van der Waals surface area contributed by atoms with Crippen LogP contribution in [0, 0.1) is 0 Å². The van der Waals surface area contributed by atoms with E-state index in [4.69, 9.17) is 20.2 Å². The van der Waals surface area contributed by atoms with Gasteiger partial charge < -0.3 is 24.7 Å². The molecule has 0 spiro atoms. The fraction of sp³-hybridized carbons (Fsp3) is 0.238. The highest BCUT2D eigenvalue weighted by molar-refractivity contribution is 5.91. The van der Waals surface area contributed by atoms with Gasteiger partial charge in [0.2, 0.25) is 5.95 Å². The zero-order valence-electron chi connectivity index (χ0n) is 16.7. The third-order valence-corrected chi connectivity index (χ3v) is 5.29. The van der Waals surface area contributed by atoms with Crippen LogP contribution in [-0.2, 0) is 13.1 Å². The Balaban J connectivity index is 1.49. The maximum Gasteiger partial charge on any atom is 0.228 e. The molecule has 0 amide bonds. The highest BCUT2D eigenvalue weighted by Crippen LogP contribution is 2.34. The largest absolute Gasteiger partial charge is 0.493 e. The molecule has 5 rings (SSSR count). The molecule has 0 saturated carbocycles. The molecule has 2 N–H and O–H groups in total. The third-order valence-electron chi connectivity index (χ3n) is 5.29. The molecule has 1 aliphatic heterocycles. The van der Waals surface area contributed by atoms with Crippen molar-refractivity contribution in [2.75, 3.05) is 31.4 Å². The lowest BCUT2D eigenvalue weighted by atomic mass is 10.2. The first-order valence-electron chi connectivity index (χ1n) is 9.59. The Bertz CT molecular complexity index is 1220. The molecule has 0 aliphatic carbocycles. The Labute approximate surface area is 173 Å². The first kappa shape index (κ1) is 18.2. The number of fused-ring (bicyclic) bond motifs is 2. The van der Waals surface area contributed by atoms with Crippen LogP contribution in [0.3, 0.4) is 0 Å². The van der Waals surface area contributed by atoms with Crippen molar-refractivity contribution in [1.82, 2.24) is 24.7 Å². The van der Waals surface area contributed by atoms with E-state index in [0.717, 1.165) is 35.7 Å². The molecule has 1 aliphatic rings. The van der Waals surface area contributed by atoms with Crippen LogP contribution < -0.4 is 20.1 Å². The van der Waals surface area contributed by atoms with E-state index in [1.54, 1.807) is 20.3 Å². The van der Waals surface area contributed by atoms with Gasteiger partial charge >= 0.3 is 0 Å². The Morgan fingerprint density at radius 3 is 2.47 bits per heavy atom. The monoisotopic (exact) mass is 403 g/mol. The number of ether oxygens (including phenoxy) is 2. The van der Waals surface area contributed by atoms with Gasteiger partial charge in [-0.15, -0.1) is 10.2 Å². The van der Waals surface area contributed by atoms with Crippen LogP contribution in [0.15, 0.2) is 42.5 Å². The maximum atomic E-state index is 6.25. The van der Waals surface area contributed by atoms with Crippen molar-refractivity contribution in [2.45, 2.75) is 13.1 Å². The van der Waals surface area contributed by atoms with Crippen LogP contribution >= 0.6 is 0 Å². The van der Waals surface area contributed by atoms with Crippen molar-refractivity contribution < 1.29 is 9.47 Å². The van der Waals surface area contributed by atoms with E-state index >= 15 is 0 Å². The van der Waals surface area contributed by atoms with Gasteiger partial charge in [0.25, 0.3) is 0 Å². The molecular weight excluding hydrogens is 382 g/mol. The standard InChI is InChI=1S/C21H21N7O2/c1-29-16-10-14-15(11-17(16)30-2)23-21(24-19(14)22)27-8-9-28-18(12-27)25-26-20(28)13-6-4-3-5-7-13/h3-7,10-11H,8-9,12H2,1-2H3,(H2,22,23,24). The van der Waals surface area contributed by atoms with Gasteiger partial charge in [-0.25, -0.2) is 4.98 Å². The zero-order valence-corrected chi connectivity index (χ0v) is 16.7. The molecule has 0 fully saturated rings. The summed E-state index contributed by atoms with van der Waals surface area (Å²) >= 11 is 0. The lowest BCUT2D eigenvalue weighted by Gasteiger charge is -2.28. The number of hydrogen-bond acceptors (Lipinski definition) is 8. The van der Waals surface area contributed by atoms with Gasteiger partial charge in [-0.05, 0) is 6.07 Å².